The third-order valence-corrected chi connectivity index (χ3v) is 1.49. The van der Waals surface area contributed by atoms with Crippen LogP contribution in [0, 0.1) is 0 Å². The molecule has 52 valence electrons. The maximum Gasteiger partial charge on any atom is 0.142 e. The molecule has 7 N–H and O–H groups in total. The summed E-state index contributed by atoms with van der Waals surface area (Å²) >= 11 is 0. The molecule has 0 aromatic rings. The molecule has 0 saturated heterocycles. The summed E-state index contributed by atoms with van der Waals surface area (Å²) in [6.07, 6.45) is 1.61. The van der Waals surface area contributed by atoms with E-state index in [0.717, 1.165) is 5.57 Å². The first-order chi connectivity index (χ1) is 4.02. The molecule has 0 radical (unpaired) electrons. The summed E-state index contributed by atoms with van der Waals surface area (Å²) in [6, 6.07) is 0. The molecule has 0 spiro atoms. The van der Waals surface area contributed by atoms with Crippen LogP contribution >= 0.6 is 0 Å². The molecule has 1 aliphatic rings. The fourth-order valence-electron chi connectivity index (χ4n) is 0.839. The van der Waals surface area contributed by atoms with Crippen molar-refractivity contribution >= 4 is 0 Å². The van der Waals surface area contributed by atoms with Crippen molar-refractivity contribution in [2.45, 2.75) is 18.9 Å². The molecule has 1 unspecified atom stereocenters. The Morgan fingerprint density at radius 3 is 2.33 bits per heavy atom. The molecule has 0 aromatic carbocycles. The molecule has 0 bridgehead atoms. The number of nitrogens with two attached hydrogens (primary N) is 3. The Kier molecular flexibility index (Phi) is 1.32. The predicted octanol–water partition coefficient (Wildman–Crippen LogP) is -1.61. The standard InChI is InChI=1S/C5H12N4/c1-3-2-4(6)9-5(3,7)8/h2,4,9H,6-8H2,1H3. The Labute approximate surface area is 54.1 Å². The van der Waals surface area contributed by atoms with Crippen molar-refractivity contribution in [1.29, 1.82) is 0 Å². The second-order valence-electron chi connectivity index (χ2n) is 2.39. The number of hydrogen-bond acceptors (Lipinski definition) is 4. The van der Waals surface area contributed by atoms with E-state index in [2.05, 4.69) is 5.32 Å². The highest BCUT2D eigenvalue weighted by Gasteiger charge is 2.28. The molecule has 1 atom stereocenters. The van der Waals surface area contributed by atoms with Crippen molar-refractivity contribution in [1.82, 2.24) is 5.32 Å². The molecule has 0 aliphatic carbocycles. The van der Waals surface area contributed by atoms with E-state index in [4.69, 9.17) is 17.2 Å². The van der Waals surface area contributed by atoms with Gasteiger partial charge in [-0.1, -0.05) is 0 Å². The highest BCUT2D eigenvalue weighted by atomic mass is 15.3. The maximum atomic E-state index is 5.53. The maximum absolute atomic E-state index is 5.53. The molecule has 0 saturated carbocycles. The normalized spacial score (nSPS) is 32.4. The van der Waals surface area contributed by atoms with Crippen LogP contribution in [0.2, 0.25) is 0 Å². The van der Waals surface area contributed by atoms with Gasteiger partial charge in [0.15, 0.2) is 0 Å². The van der Waals surface area contributed by atoms with Crippen LogP contribution in [0.1, 0.15) is 6.92 Å². The molecule has 9 heavy (non-hydrogen) atoms. The second-order valence-corrected chi connectivity index (χ2v) is 2.39. The first kappa shape index (κ1) is 6.70. The lowest BCUT2D eigenvalue weighted by Gasteiger charge is -2.21. The molecule has 0 amide bonds. The van der Waals surface area contributed by atoms with Crippen molar-refractivity contribution in [2.24, 2.45) is 17.2 Å². The van der Waals surface area contributed by atoms with Crippen molar-refractivity contribution in [3.8, 4) is 0 Å². The highest BCUT2D eigenvalue weighted by molar-refractivity contribution is 5.22. The van der Waals surface area contributed by atoms with E-state index in [-0.39, 0.29) is 6.17 Å². The minimum Gasteiger partial charge on any atom is -0.313 e. The van der Waals surface area contributed by atoms with Gasteiger partial charge in [0.2, 0.25) is 0 Å². The van der Waals surface area contributed by atoms with Crippen LogP contribution in [0.3, 0.4) is 0 Å². The summed E-state index contributed by atoms with van der Waals surface area (Å²) in [7, 11) is 0. The van der Waals surface area contributed by atoms with Gasteiger partial charge in [-0.05, 0) is 18.6 Å². The molecule has 4 heteroatoms. The van der Waals surface area contributed by atoms with E-state index >= 15 is 0 Å². The van der Waals surface area contributed by atoms with E-state index in [1.165, 1.54) is 0 Å². The third kappa shape index (κ3) is 1.11. The molecular weight excluding hydrogens is 116 g/mol. The Hall–Kier alpha value is -0.420. The lowest BCUT2D eigenvalue weighted by atomic mass is 10.2. The van der Waals surface area contributed by atoms with Crippen LogP contribution in [-0.2, 0) is 0 Å². The summed E-state index contributed by atoms with van der Waals surface area (Å²) < 4.78 is 0. The summed E-state index contributed by atoms with van der Waals surface area (Å²) in [5.41, 5.74) is 17.4. The zero-order valence-corrected chi connectivity index (χ0v) is 5.39. The smallest absolute Gasteiger partial charge is 0.142 e. The van der Waals surface area contributed by atoms with E-state index in [1.807, 2.05) is 6.92 Å². The van der Waals surface area contributed by atoms with Gasteiger partial charge in [0.1, 0.15) is 5.79 Å². The van der Waals surface area contributed by atoms with Crippen LogP contribution in [0.15, 0.2) is 11.6 Å². The Balaban J connectivity index is 2.76. The van der Waals surface area contributed by atoms with Gasteiger partial charge in [-0.25, -0.2) is 0 Å². The van der Waals surface area contributed by atoms with Gasteiger partial charge in [0, 0.05) is 0 Å². The molecule has 0 fully saturated rings. The average Bonchev–Trinajstić information content (AvgIpc) is 1.79. The minimum atomic E-state index is -0.889. The fourth-order valence-corrected chi connectivity index (χ4v) is 0.839. The summed E-state index contributed by atoms with van der Waals surface area (Å²) in [5, 5.41) is 2.78. The molecule has 1 aliphatic heterocycles. The highest BCUT2D eigenvalue weighted by Crippen LogP contribution is 2.10. The quantitative estimate of drug-likeness (QED) is 0.233. The summed E-state index contributed by atoms with van der Waals surface area (Å²) in [4.78, 5) is 0. The lowest BCUT2D eigenvalue weighted by Crippen LogP contribution is -2.62. The largest absolute Gasteiger partial charge is 0.313 e. The zero-order chi connectivity index (χ0) is 7.07. The topological polar surface area (TPSA) is 90.1 Å². The zero-order valence-electron chi connectivity index (χ0n) is 5.39. The number of rotatable bonds is 0. The van der Waals surface area contributed by atoms with Crippen molar-refractivity contribution in [3.63, 3.8) is 0 Å². The summed E-state index contributed by atoms with van der Waals surface area (Å²) in [6.45, 7) is 1.85. The van der Waals surface area contributed by atoms with E-state index in [0.29, 0.717) is 0 Å². The van der Waals surface area contributed by atoms with Gasteiger partial charge in [-0.15, -0.1) is 0 Å². The van der Waals surface area contributed by atoms with Crippen LogP contribution in [0.4, 0.5) is 0 Å². The van der Waals surface area contributed by atoms with Gasteiger partial charge in [0.05, 0.1) is 6.17 Å². The second kappa shape index (κ2) is 1.78. The lowest BCUT2D eigenvalue weighted by molar-refractivity contribution is 0.415. The molecule has 0 aromatic heterocycles. The van der Waals surface area contributed by atoms with Crippen molar-refractivity contribution in [3.05, 3.63) is 11.6 Å². The van der Waals surface area contributed by atoms with Crippen LogP contribution in [0.25, 0.3) is 0 Å². The van der Waals surface area contributed by atoms with E-state index < -0.39 is 5.79 Å². The number of nitrogens with one attached hydrogen (secondary N) is 1. The summed E-state index contributed by atoms with van der Waals surface area (Å²) in [5.74, 6) is -0.889. The number of hydrogen-bond donors (Lipinski definition) is 4. The van der Waals surface area contributed by atoms with Crippen LogP contribution < -0.4 is 22.5 Å². The Morgan fingerprint density at radius 2 is 2.22 bits per heavy atom. The first-order valence-corrected chi connectivity index (χ1v) is 2.82. The van der Waals surface area contributed by atoms with E-state index in [9.17, 15) is 0 Å². The Morgan fingerprint density at radius 1 is 1.67 bits per heavy atom. The van der Waals surface area contributed by atoms with Crippen LogP contribution in [-0.4, -0.2) is 12.0 Å². The van der Waals surface area contributed by atoms with E-state index in [1.54, 1.807) is 6.08 Å². The monoisotopic (exact) mass is 128 g/mol. The Bertz CT molecular complexity index is 149. The van der Waals surface area contributed by atoms with Gasteiger partial charge in [-0.2, -0.15) is 0 Å². The van der Waals surface area contributed by atoms with Gasteiger partial charge >= 0.3 is 0 Å². The van der Waals surface area contributed by atoms with Gasteiger partial charge in [-0.3, -0.25) is 16.8 Å². The molecule has 1 rings (SSSR count). The van der Waals surface area contributed by atoms with Crippen molar-refractivity contribution in [2.75, 3.05) is 0 Å². The SMILES string of the molecule is CC1=CC(N)NC1(N)N. The average molecular weight is 128 g/mol. The molecular formula is C5H12N4. The van der Waals surface area contributed by atoms with Gasteiger partial charge < -0.3 is 5.73 Å². The first-order valence-electron chi connectivity index (χ1n) is 2.82. The molecule has 4 nitrogen and oxygen atoms in total. The molecule has 1 heterocycles. The predicted molar refractivity (Wildman–Crippen MR) is 36.0 cm³/mol. The van der Waals surface area contributed by atoms with Gasteiger partial charge in [0.25, 0.3) is 0 Å². The third-order valence-electron chi connectivity index (χ3n) is 1.49. The fraction of sp³-hybridized carbons (Fsp3) is 0.600. The van der Waals surface area contributed by atoms with Crippen LogP contribution in [0.5, 0.6) is 0 Å². The minimum absolute atomic E-state index is 0.194. The van der Waals surface area contributed by atoms with Crippen molar-refractivity contribution < 1.29 is 0 Å².